The Morgan fingerprint density at radius 2 is 0.675 bits per heavy atom. The van der Waals surface area contributed by atoms with Gasteiger partial charge in [-0.1, -0.05) is 146 Å². The van der Waals surface area contributed by atoms with Gasteiger partial charge in [-0.25, -0.2) is 0 Å². The summed E-state index contributed by atoms with van der Waals surface area (Å²) in [4.78, 5) is 13.9. The summed E-state index contributed by atoms with van der Waals surface area (Å²) in [6.45, 7) is 4.10. The summed E-state index contributed by atoms with van der Waals surface area (Å²) >= 11 is 0. The fourth-order valence-corrected chi connectivity index (χ4v) is 5.48. The Hall–Kier alpha value is -5.01. The number of ketones is 1. The average molecular weight is 515 g/mol. The predicted octanol–water partition coefficient (Wildman–Crippen LogP) is 10.2. The van der Waals surface area contributed by atoms with Gasteiger partial charge in [0, 0.05) is 11.1 Å². The average Bonchev–Trinajstić information content (AvgIpc) is 3.02. The van der Waals surface area contributed by atoms with Crippen molar-refractivity contribution in [3.8, 4) is 44.5 Å². The van der Waals surface area contributed by atoms with Gasteiger partial charge < -0.3 is 0 Å². The van der Waals surface area contributed by atoms with Crippen LogP contribution in [0.15, 0.2) is 146 Å². The van der Waals surface area contributed by atoms with Crippen molar-refractivity contribution in [3.63, 3.8) is 0 Å². The molecule has 0 heterocycles. The lowest BCUT2D eigenvalue weighted by Gasteiger charge is -2.15. The van der Waals surface area contributed by atoms with Crippen molar-refractivity contribution < 1.29 is 4.79 Å². The van der Waals surface area contributed by atoms with E-state index in [0.29, 0.717) is 0 Å². The first kappa shape index (κ1) is 25.3. The Morgan fingerprint density at radius 3 is 1.05 bits per heavy atom. The van der Waals surface area contributed by atoms with Crippen LogP contribution in [0.25, 0.3) is 44.5 Å². The van der Waals surface area contributed by atoms with Crippen LogP contribution in [0.1, 0.15) is 27.0 Å². The van der Waals surface area contributed by atoms with E-state index in [0.717, 1.165) is 44.5 Å². The van der Waals surface area contributed by atoms with Gasteiger partial charge in [0.2, 0.25) is 0 Å². The highest BCUT2D eigenvalue weighted by Crippen LogP contribution is 2.32. The minimum atomic E-state index is 0.0560. The van der Waals surface area contributed by atoms with Crippen LogP contribution < -0.4 is 0 Å². The van der Waals surface area contributed by atoms with Crippen LogP contribution in [-0.4, -0.2) is 5.78 Å². The number of hydrogen-bond donors (Lipinski definition) is 0. The second kappa shape index (κ2) is 11.0. The zero-order valence-electron chi connectivity index (χ0n) is 22.8. The predicted molar refractivity (Wildman–Crippen MR) is 168 cm³/mol. The zero-order chi connectivity index (χ0) is 27.5. The van der Waals surface area contributed by atoms with Crippen molar-refractivity contribution in [1.82, 2.24) is 0 Å². The highest BCUT2D eigenvalue weighted by molar-refractivity contribution is 6.12. The van der Waals surface area contributed by atoms with E-state index in [9.17, 15) is 4.79 Å². The summed E-state index contributed by atoms with van der Waals surface area (Å²) in [5.41, 5.74) is 12.6. The maximum Gasteiger partial charge on any atom is 0.193 e. The van der Waals surface area contributed by atoms with E-state index in [-0.39, 0.29) is 5.78 Å². The minimum Gasteiger partial charge on any atom is -0.289 e. The number of benzene rings is 6. The summed E-state index contributed by atoms with van der Waals surface area (Å²) in [7, 11) is 0. The molecule has 6 aromatic rings. The molecule has 192 valence electrons. The first-order valence-electron chi connectivity index (χ1n) is 13.7. The SMILES string of the molecule is Cc1c(C(=O)c2cccc(-c3ccc(-c4ccccc4)cc3)c2C)cccc1-c1ccc(-c2ccccc2)cc1. The molecule has 0 N–H and O–H groups in total. The fraction of sp³-hybridized carbons (Fsp3) is 0.0513. The smallest absolute Gasteiger partial charge is 0.193 e. The topological polar surface area (TPSA) is 17.1 Å². The normalized spacial score (nSPS) is 10.8. The number of carbonyl (C=O) groups excluding carboxylic acids is 1. The van der Waals surface area contributed by atoms with E-state index in [1.807, 2.05) is 36.4 Å². The van der Waals surface area contributed by atoms with Gasteiger partial charge in [0.1, 0.15) is 0 Å². The van der Waals surface area contributed by atoms with Gasteiger partial charge in [-0.3, -0.25) is 4.79 Å². The van der Waals surface area contributed by atoms with Gasteiger partial charge in [0.05, 0.1) is 0 Å². The van der Waals surface area contributed by atoms with Crippen LogP contribution >= 0.6 is 0 Å². The summed E-state index contributed by atoms with van der Waals surface area (Å²) < 4.78 is 0. The molecule has 1 heteroatoms. The number of carbonyl (C=O) groups is 1. The second-order valence-corrected chi connectivity index (χ2v) is 10.2. The Balaban J connectivity index is 1.31. The van der Waals surface area contributed by atoms with Gasteiger partial charge in [-0.2, -0.15) is 0 Å². The Morgan fingerprint density at radius 1 is 0.350 bits per heavy atom. The first-order valence-corrected chi connectivity index (χ1v) is 13.7. The molecule has 0 saturated carbocycles. The molecule has 0 atom stereocenters. The molecule has 0 amide bonds. The third kappa shape index (κ3) is 4.90. The standard InChI is InChI=1S/C39H30O/c1-27-35(33-23-19-31(20-24-33)29-11-5-3-6-12-29)15-9-17-37(27)39(40)38-18-10-16-36(28(38)2)34-25-21-32(22-26-34)30-13-7-4-8-14-30/h3-26H,1-2H3. The van der Waals surface area contributed by atoms with Crippen molar-refractivity contribution >= 4 is 5.78 Å². The molecule has 0 bridgehead atoms. The molecule has 0 aromatic heterocycles. The monoisotopic (exact) mass is 514 g/mol. The molecule has 6 aromatic carbocycles. The van der Waals surface area contributed by atoms with Crippen molar-refractivity contribution in [3.05, 3.63) is 168 Å². The van der Waals surface area contributed by atoms with E-state index in [1.165, 1.54) is 22.3 Å². The van der Waals surface area contributed by atoms with E-state index in [1.54, 1.807) is 0 Å². The molecule has 0 radical (unpaired) electrons. The molecule has 40 heavy (non-hydrogen) atoms. The van der Waals surface area contributed by atoms with Gasteiger partial charge in [0.25, 0.3) is 0 Å². The van der Waals surface area contributed by atoms with Crippen LogP contribution in [0.5, 0.6) is 0 Å². The lowest BCUT2D eigenvalue weighted by molar-refractivity contribution is 0.103. The zero-order valence-corrected chi connectivity index (χ0v) is 22.8. The molecule has 6 rings (SSSR count). The van der Waals surface area contributed by atoms with Gasteiger partial charge in [-0.15, -0.1) is 0 Å². The summed E-state index contributed by atoms with van der Waals surface area (Å²) in [5, 5.41) is 0. The van der Waals surface area contributed by atoms with Gasteiger partial charge in [-0.05, 0) is 69.5 Å². The second-order valence-electron chi connectivity index (χ2n) is 10.2. The van der Waals surface area contributed by atoms with E-state index in [4.69, 9.17) is 0 Å². The van der Waals surface area contributed by atoms with Crippen molar-refractivity contribution in [2.75, 3.05) is 0 Å². The summed E-state index contributed by atoms with van der Waals surface area (Å²) in [6, 6.07) is 50.0. The number of hydrogen-bond acceptors (Lipinski definition) is 1. The van der Waals surface area contributed by atoms with Crippen LogP contribution in [0.3, 0.4) is 0 Å². The van der Waals surface area contributed by atoms with Gasteiger partial charge in [0.15, 0.2) is 5.78 Å². The van der Waals surface area contributed by atoms with Crippen LogP contribution in [0.4, 0.5) is 0 Å². The Labute approximate surface area is 236 Å². The highest BCUT2D eigenvalue weighted by atomic mass is 16.1. The van der Waals surface area contributed by atoms with E-state index >= 15 is 0 Å². The van der Waals surface area contributed by atoms with E-state index in [2.05, 4.69) is 123 Å². The van der Waals surface area contributed by atoms with Crippen molar-refractivity contribution in [1.29, 1.82) is 0 Å². The lowest BCUT2D eigenvalue weighted by atomic mass is 9.88. The van der Waals surface area contributed by atoms with Crippen molar-refractivity contribution in [2.24, 2.45) is 0 Å². The molecule has 0 aliphatic heterocycles. The highest BCUT2D eigenvalue weighted by Gasteiger charge is 2.18. The maximum absolute atomic E-state index is 13.9. The Bertz CT molecular complexity index is 1640. The molecular formula is C39H30O. The molecule has 1 nitrogen and oxygen atoms in total. The largest absolute Gasteiger partial charge is 0.289 e. The molecule has 0 spiro atoms. The third-order valence-corrected chi connectivity index (χ3v) is 7.76. The molecule has 0 aliphatic carbocycles. The quantitative estimate of drug-likeness (QED) is 0.202. The first-order chi connectivity index (χ1) is 19.6. The molecule has 0 fully saturated rings. The lowest BCUT2D eigenvalue weighted by Crippen LogP contribution is -2.07. The van der Waals surface area contributed by atoms with E-state index < -0.39 is 0 Å². The Kier molecular flexibility index (Phi) is 6.95. The molecular weight excluding hydrogens is 484 g/mol. The van der Waals surface area contributed by atoms with Crippen LogP contribution in [0.2, 0.25) is 0 Å². The third-order valence-electron chi connectivity index (χ3n) is 7.76. The minimum absolute atomic E-state index is 0.0560. The summed E-state index contributed by atoms with van der Waals surface area (Å²) in [6.07, 6.45) is 0. The maximum atomic E-state index is 13.9. The number of rotatable bonds is 6. The van der Waals surface area contributed by atoms with Gasteiger partial charge >= 0.3 is 0 Å². The molecule has 0 aliphatic rings. The van der Waals surface area contributed by atoms with Crippen LogP contribution in [0, 0.1) is 13.8 Å². The van der Waals surface area contributed by atoms with Crippen molar-refractivity contribution in [2.45, 2.75) is 13.8 Å². The summed E-state index contributed by atoms with van der Waals surface area (Å²) in [5.74, 6) is 0.0560. The fourth-order valence-electron chi connectivity index (χ4n) is 5.48. The van der Waals surface area contributed by atoms with Crippen LogP contribution in [-0.2, 0) is 0 Å². The molecule has 0 saturated heterocycles. The molecule has 0 unspecified atom stereocenters.